The van der Waals surface area contributed by atoms with E-state index in [4.69, 9.17) is 4.46 Å². The van der Waals surface area contributed by atoms with Crippen molar-refractivity contribution in [1.82, 2.24) is 0 Å². The molecule has 0 bridgehead atoms. The van der Waals surface area contributed by atoms with E-state index in [1.165, 1.54) is 0 Å². The molecular formula is H2O4Si2W-6. The van der Waals surface area contributed by atoms with Crippen LogP contribution in [0.3, 0.4) is 0 Å². The van der Waals surface area contributed by atoms with Gasteiger partial charge in [0.25, 0.3) is 0 Å². The molecule has 0 atom stereocenters. The van der Waals surface area contributed by atoms with Gasteiger partial charge in [0.05, 0.1) is 0 Å². The van der Waals surface area contributed by atoms with E-state index in [0.717, 1.165) is 0 Å². The van der Waals surface area contributed by atoms with E-state index in [0.29, 0.717) is 10.1 Å². The van der Waals surface area contributed by atoms with Crippen LogP contribution in [0.25, 0.3) is 0 Å². The van der Waals surface area contributed by atoms with Crippen LogP contribution < -0.4 is 0 Å². The van der Waals surface area contributed by atoms with Crippen molar-refractivity contribution in [3.8, 4) is 0 Å². The Morgan fingerprint density at radius 3 is 0.857 bits per heavy atom. The second-order valence-corrected chi connectivity index (χ2v) is 0. The molecule has 4 nitrogen and oxygen atoms in total. The number of rotatable bonds is 0. The van der Waals surface area contributed by atoms with Crippen molar-refractivity contribution in [3.05, 3.63) is 0 Å². The Kier molecular flexibility index (Phi) is 5650. The molecule has 7 heteroatoms. The van der Waals surface area contributed by atoms with Crippen molar-refractivity contribution in [1.29, 1.82) is 0 Å². The molecule has 0 aromatic rings. The number of hydrogen-bond donors (Lipinski definition) is 0. The summed E-state index contributed by atoms with van der Waals surface area (Å²) in [5.41, 5.74) is 0. The van der Waals surface area contributed by atoms with Gasteiger partial charge in [0.15, 0.2) is 0 Å². The molecule has 46 valence electrons. The predicted octanol–water partition coefficient (Wildman–Crippen LogP) is -1.77. The molecular weight excluding hydrogens is 304 g/mol. The normalized spacial score (nSPS) is 0.571. The molecule has 4 radical (unpaired) electrons. The van der Waals surface area contributed by atoms with Crippen LogP contribution in [-0.2, 0) is 42.0 Å². The van der Waals surface area contributed by atoms with Crippen LogP contribution in [0.15, 0.2) is 0 Å². The van der Waals surface area contributed by atoms with Gasteiger partial charge in [-0.05, 0) is 0 Å². The first-order valence-corrected chi connectivity index (χ1v) is 0.866. The van der Waals surface area contributed by atoms with E-state index in [9.17, 15) is 0 Å². The topological polar surface area (TPSA) is 103 Å². The van der Waals surface area contributed by atoms with Gasteiger partial charge in [-0.3, -0.25) is 0 Å². The fourth-order valence-electron chi connectivity index (χ4n) is 0. The molecule has 0 unspecified atom stereocenters. The SMILES string of the molecule is O=[SiH2].[O-2].[O-2].[O-2].[Si].[W]. The van der Waals surface area contributed by atoms with E-state index in [1.54, 1.807) is 0 Å². The molecule has 0 aliphatic heterocycles. The van der Waals surface area contributed by atoms with Crippen molar-refractivity contribution >= 4 is 21.1 Å². The van der Waals surface area contributed by atoms with Crippen molar-refractivity contribution in [2.45, 2.75) is 0 Å². The van der Waals surface area contributed by atoms with Crippen LogP contribution in [0.2, 0.25) is 0 Å². The van der Waals surface area contributed by atoms with Gasteiger partial charge in [-0.15, -0.1) is 0 Å². The molecule has 7 heavy (non-hydrogen) atoms. The first-order chi connectivity index (χ1) is 1.00. The molecule has 0 N–H and O–H groups in total. The smallest absolute Gasteiger partial charge is 0.245 e. The van der Waals surface area contributed by atoms with Crippen LogP contribution in [0, 0.1) is 0 Å². The Morgan fingerprint density at radius 2 is 0.857 bits per heavy atom. The second kappa shape index (κ2) is 356. The fourth-order valence-corrected chi connectivity index (χ4v) is 0. The van der Waals surface area contributed by atoms with Gasteiger partial charge in [0.2, 0.25) is 10.1 Å². The summed E-state index contributed by atoms with van der Waals surface area (Å²) in [4.78, 5) is 0. The van der Waals surface area contributed by atoms with Crippen LogP contribution in [0.5, 0.6) is 0 Å². The Hall–Kier alpha value is 0.802. The standard InChI is InChI=1S/H2OSi.3O.Si.W/c1-2;;;;;/h2H2;;;;;/q;3*-2;;. The van der Waals surface area contributed by atoms with E-state index in [-0.39, 0.29) is 48.5 Å². The second-order valence-electron chi connectivity index (χ2n) is 0. The Bertz CT molecular complexity index is 9.65. The maximum Gasteiger partial charge on any atom is 0.245 e. The largest absolute Gasteiger partial charge is 2.00 e. The maximum absolute atomic E-state index is 8.28. The van der Waals surface area contributed by atoms with Gasteiger partial charge >= 0.3 is 0 Å². The summed E-state index contributed by atoms with van der Waals surface area (Å²) in [6, 6.07) is 0. The molecule has 0 heterocycles. The van der Waals surface area contributed by atoms with Gasteiger partial charge in [-0.1, -0.05) is 0 Å². The molecule has 0 aromatic heterocycles. The molecule has 0 aliphatic rings. The predicted molar refractivity (Wildman–Crippen MR) is 17.0 cm³/mol. The van der Waals surface area contributed by atoms with Crippen molar-refractivity contribution < 1.29 is 42.0 Å². The third kappa shape index (κ3) is 244. The minimum atomic E-state index is 0. The maximum atomic E-state index is 8.28. The summed E-state index contributed by atoms with van der Waals surface area (Å²) in [7, 11) is 0.611. The molecule has 0 amide bonds. The van der Waals surface area contributed by atoms with Crippen LogP contribution in [0.1, 0.15) is 0 Å². The summed E-state index contributed by atoms with van der Waals surface area (Å²) in [6.45, 7) is 0. The number of hydrogen-bond acceptors (Lipinski definition) is 1. The molecule has 0 saturated heterocycles. The molecule has 0 fully saturated rings. The summed E-state index contributed by atoms with van der Waals surface area (Å²) in [5, 5.41) is 0. The van der Waals surface area contributed by atoms with E-state index >= 15 is 0 Å². The zero-order valence-electron chi connectivity index (χ0n) is 3.25. The minimum absolute atomic E-state index is 0. The van der Waals surface area contributed by atoms with Crippen LogP contribution >= 0.6 is 0 Å². The van der Waals surface area contributed by atoms with Crippen LogP contribution in [-0.4, -0.2) is 21.1 Å². The van der Waals surface area contributed by atoms with E-state index in [2.05, 4.69) is 0 Å². The average molecular weight is 306 g/mol. The molecule has 0 aliphatic carbocycles. The molecule has 0 rings (SSSR count). The van der Waals surface area contributed by atoms with Crippen LogP contribution in [0.4, 0.5) is 0 Å². The summed E-state index contributed by atoms with van der Waals surface area (Å²) >= 11 is 0. The quantitative estimate of drug-likeness (QED) is 0.485. The Morgan fingerprint density at radius 1 is 0.857 bits per heavy atom. The summed E-state index contributed by atoms with van der Waals surface area (Å²) in [6.07, 6.45) is 0. The molecule has 0 saturated carbocycles. The van der Waals surface area contributed by atoms with E-state index < -0.39 is 0 Å². The fraction of sp³-hybridized carbons (Fsp3) is 0. The first-order valence-electron chi connectivity index (χ1n) is 0.289. The third-order valence-electron chi connectivity index (χ3n) is 0. The molecule has 0 aromatic carbocycles. The van der Waals surface area contributed by atoms with Gasteiger partial charge in [0, 0.05) is 32.0 Å². The Labute approximate surface area is 63.4 Å². The zero-order chi connectivity index (χ0) is 2.00. The third-order valence-corrected chi connectivity index (χ3v) is 0. The first kappa shape index (κ1) is 111. The Balaban J connectivity index is -0.000000000500. The van der Waals surface area contributed by atoms with Gasteiger partial charge < -0.3 is 20.9 Å². The minimum Gasteiger partial charge on any atom is -2.00 e. The van der Waals surface area contributed by atoms with Gasteiger partial charge in [0.1, 0.15) is 0 Å². The van der Waals surface area contributed by atoms with Crippen molar-refractivity contribution in [2.75, 3.05) is 0 Å². The summed E-state index contributed by atoms with van der Waals surface area (Å²) in [5.74, 6) is 0. The summed E-state index contributed by atoms with van der Waals surface area (Å²) < 4.78 is 8.28. The zero-order valence-corrected chi connectivity index (χ0v) is 8.60. The van der Waals surface area contributed by atoms with E-state index in [1.807, 2.05) is 0 Å². The average Bonchev–Trinajstić information content (AvgIpc) is 1.00. The monoisotopic (exact) mass is 306 g/mol. The van der Waals surface area contributed by atoms with Crippen molar-refractivity contribution in [3.63, 3.8) is 0 Å². The van der Waals surface area contributed by atoms with Crippen molar-refractivity contribution in [2.24, 2.45) is 0 Å². The molecule has 0 spiro atoms. The van der Waals surface area contributed by atoms with Gasteiger partial charge in [-0.2, -0.15) is 0 Å². The van der Waals surface area contributed by atoms with Gasteiger partial charge in [-0.25, -0.2) is 0 Å².